The number of halogens is 3. The molecule has 4 aliphatic rings. The van der Waals surface area contributed by atoms with Gasteiger partial charge in [-0.2, -0.15) is 13.2 Å². The Balaban J connectivity index is 1.19. The Hall–Kier alpha value is -2.29. The molecule has 5 rings (SSSR count). The van der Waals surface area contributed by atoms with Crippen molar-refractivity contribution in [2.45, 2.75) is 75.6 Å². The topological polar surface area (TPSA) is 61.9 Å². The Labute approximate surface area is 204 Å². The van der Waals surface area contributed by atoms with Crippen LogP contribution in [-0.2, 0) is 22.1 Å². The number of carbonyl (C=O) groups excluding carboxylic acids is 2. The van der Waals surface area contributed by atoms with E-state index in [2.05, 4.69) is 5.32 Å². The first-order valence-electron chi connectivity index (χ1n) is 12.9. The Kier molecular flexibility index (Phi) is 6.97. The summed E-state index contributed by atoms with van der Waals surface area (Å²) in [5.74, 6) is 0.440. The molecule has 0 aromatic heterocycles. The zero-order valence-corrected chi connectivity index (χ0v) is 20.0. The van der Waals surface area contributed by atoms with Crippen molar-refractivity contribution in [3.05, 3.63) is 34.9 Å². The molecule has 9 heteroatoms. The van der Waals surface area contributed by atoms with Gasteiger partial charge in [0.2, 0.25) is 5.91 Å². The van der Waals surface area contributed by atoms with Gasteiger partial charge in [0.1, 0.15) is 6.61 Å². The number of carbonyl (C=O) groups is 2. The number of ether oxygens (including phenoxy) is 1. The number of fused-ring (bicyclic) bond motifs is 1. The van der Waals surface area contributed by atoms with Crippen molar-refractivity contribution in [1.29, 1.82) is 0 Å². The summed E-state index contributed by atoms with van der Waals surface area (Å²) in [6.45, 7) is 2.47. The molecular weight excluding hydrogens is 459 g/mol. The van der Waals surface area contributed by atoms with Crippen molar-refractivity contribution < 1.29 is 27.5 Å². The van der Waals surface area contributed by atoms with Gasteiger partial charge in [-0.1, -0.05) is 18.9 Å². The van der Waals surface area contributed by atoms with Crippen LogP contribution in [0.5, 0.6) is 0 Å². The zero-order valence-electron chi connectivity index (χ0n) is 20.0. The van der Waals surface area contributed by atoms with E-state index in [0.717, 1.165) is 56.1 Å². The molecule has 1 saturated carbocycles. The summed E-state index contributed by atoms with van der Waals surface area (Å²) in [6, 6.07) is 4.16. The molecule has 3 amide bonds. The molecule has 1 aromatic carbocycles. The van der Waals surface area contributed by atoms with E-state index in [1.54, 1.807) is 6.07 Å². The van der Waals surface area contributed by atoms with Crippen molar-refractivity contribution in [2.75, 3.05) is 32.8 Å². The molecule has 3 heterocycles. The summed E-state index contributed by atoms with van der Waals surface area (Å²) in [5, 5.41) is 2.94. The lowest BCUT2D eigenvalue weighted by molar-refractivity contribution is -0.140. The van der Waals surface area contributed by atoms with Gasteiger partial charge in [0.05, 0.1) is 17.7 Å². The van der Waals surface area contributed by atoms with Crippen LogP contribution in [0.3, 0.4) is 0 Å². The van der Waals surface area contributed by atoms with Crippen molar-refractivity contribution in [1.82, 2.24) is 15.1 Å². The smallest absolute Gasteiger partial charge is 0.366 e. The number of morpholine rings is 1. The SMILES string of the molecule is O=C1CO[C@H]2CCN(C(=O)N3CCC(Cc4ccc(C(F)(F)F)cc4C4CCCC4)CC3)C[C@H]2N1. The van der Waals surface area contributed by atoms with Crippen LogP contribution in [0.15, 0.2) is 18.2 Å². The summed E-state index contributed by atoms with van der Waals surface area (Å²) in [5.41, 5.74) is 1.38. The predicted molar refractivity (Wildman–Crippen MR) is 124 cm³/mol. The van der Waals surface area contributed by atoms with Gasteiger partial charge in [-0.3, -0.25) is 4.79 Å². The molecule has 2 atom stereocenters. The molecule has 192 valence electrons. The number of piperidine rings is 2. The molecule has 35 heavy (non-hydrogen) atoms. The highest BCUT2D eigenvalue weighted by Gasteiger charge is 2.38. The second kappa shape index (κ2) is 9.99. The van der Waals surface area contributed by atoms with E-state index in [1.165, 1.54) is 12.1 Å². The van der Waals surface area contributed by atoms with Gasteiger partial charge in [0.15, 0.2) is 0 Å². The summed E-state index contributed by atoms with van der Waals surface area (Å²) in [4.78, 5) is 28.5. The first-order chi connectivity index (χ1) is 16.8. The van der Waals surface area contributed by atoms with Crippen LogP contribution < -0.4 is 5.32 Å². The minimum atomic E-state index is -4.32. The second-order valence-electron chi connectivity index (χ2n) is 10.6. The van der Waals surface area contributed by atoms with Crippen molar-refractivity contribution in [3.8, 4) is 0 Å². The summed E-state index contributed by atoms with van der Waals surface area (Å²) in [6.07, 6.45) is 2.90. The molecule has 1 aliphatic carbocycles. The molecular formula is C26H34F3N3O3. The van der Waals surface area contributed by atoms with E-state index in [9.17, 15) is 22.8 Å². The Morgan fingerprint density at radius 1 is 1.03 bits per heavy atom. The lowest BCUT2D eigenvalue weighted by Gasteiger charge is -2.43. The van der Waals surface area contributed by atoms with Gasteiger partial charge in [-0.05, 0) is 73.6 Å². The molecule has 3 aliphatic heterocycles. The first-order valence-corrected chi connectivity index (χ1v) is 12.9. The Morgan fingerprint density at radius 3 is 2.46 bits per heavy atom. The van der Waals surface area contributed by atoms with Gasteiger partial charge < -0.3 is 19.9 Å². The average Bonchev–Trinajstić information content (AvgIpc) is 3.38. The highest BCUT2D eigenvalue weighted by Crippen LogP contribution is 2.40. The maximum absolute atomic E-state index is 13.4. The maximum atomic E-state index is 13.4. The number of benzene rings is 1. The van der Waals surface area contributed by atoms with Crippen molar-refractivity contribution >= 4 is 11.9 Å². The first kappa shape index (κ1) is 24.4. The number of rotatable bonds is 3. The average molecular weight is 494 g/mol. The quantitative estimate of drug-likeness (QED) is 0.682. The number of nitrogens with one attached hydrogen (secondary N) is 1. The molecule has 1 N–H and O–H groups in total. The second-order valence-corrected chi connectivity index (χ2v) is 10.6. The van der Waals surface area contributed by atoms with Gasteiger partial charge in [-0.15, -0.1) is 0 Å². The van der Waals surface area contributed by atoms with Gasteiger partial charge >= 0.3 is 12.2 Å². The van der Waals surface area contributed by atoms with Crippen LogP contribution in [0.25, 0.3) is 0 Å². The van der Waals surface area contributed by atoms with Crippen molar-refractivity contribution in [3.63, 3.8) is 0 Å². The summed E-state index contributed by atoms with van der Waals surface area (Å²) in [7, 11) is 0. The molecule has 0 radical (unpaired) electrons. The maximum Gasteiger partial charge on any atom is 0.416 e. The lowest BCUT2D eigenvalue weighted by Crippen LogP contribution is -2.62. The lowest BCUT2D eigenvalue weighted by atomic mass is 9.84. The monoisotopic (exact) mass is 493 g/mol. The molecule has 0 bridgehead atoms. The molecule has 0 unspecified atom stereocenters. The van der Waals surface area contributed by atoms with Gasteiger partial charge in [0.25, 0.3) is 0 Å². The fourth-order valence-corrected chi connectivity index (χ4v) is 6.29. The zero-order chi connectivity index (χ0) is 24.6. The van der Waals surface area contributed by atoms with Gasteiger partial charge in [0, 0.05) is 26.2 Å². The third kappa shape index (κ3) is 5.44. The van der Waals surface area contributed by atoms with Crippen LogP contribution >= 0.6 is 0 Å². The molecule has 6 nitrogen and oxygen atoms in total. The molecule has 4 fully saturated rings. The summed E-state index contributed by atoms with van der Waals surface area (Å²) < 4.78 is 45.7. The number of nitrogens with zero attached hydrogens (tertiary/aromatic N) is 2. The highest BCUT2D eigenvalue weighted by molar-refractivity contribution is 5.79. The summed E-state index contributed by atoms with van der Waals surface area (Å²) >= 11 is 0. The largest absolute Gasteiger partial charge is 0.416 e. The Bertz CT molecular complexity index is 940. The Morgan fingerprint density at radius 2 is 1.74 bits per heavy atom. The number of alkyl halides is 3. The van der Waals surface area contributed by atoms with E-state index in [-0.39, 0.29) is 36.6 Å². The molecule has 1 aromatic rings. The van der Waals surface area contributed by atoms with E-state index in [4.69, 9.17) is 4.74 Å². The predicted octanol–water partition coefficient (Wildman–Crippen LogP) is 4.33. The van der Waals surface area contributed by atoms with Crippen LogP contribution in [0.2, 0.25) is 0 Å². The van der Waals surface area contributed by atoms with Crippen LogP contribution in [0.4, 0.5) is 18.0 Å². The number of hydrogen-bond acceptors (Lipinski definition) is 3. The third-order valence-electron chi connectivity index (χ3n) is 8.26. The minimum absolute atomic E-state index is 0.00268. The number of urea groups is 1. The fraction of sp³-hybridized carbons (Fsp3) is 0.692. The van der Waals surface area contributed by atoms with E-state index in [1.807, 2.05) is 9.80 Å². The van der Waals surface area contributed by atoms with E-state index < -0.39 is 11.7 Å². The van der Waals surface area contributed by atoms with Crippen LogP contribution in [0, 0.1) is 5.92 Å². The molecule has 0 spiro atoms. The highest BCUT2D eigenvalue weighted by atomic mass is 19.4. The number of amides is 3. The fourth-order valence-electron chi connectivity index (χ4n) is 6.29. The van der Waals surface area contributed by atoms with E-state index >= 15 is 0 Å². The normalized spacial score (nSPS) is 26.5. The van der Waals surface area contributed by atoms with E-state index in [0.29, 0.717) is 38.5 Å². The molecule has 3 saturated heterocycles. The van der Waals surface area contributed by atoms with Crippen molar-refractivity contribution in [2.24, 2.45) is 5.92 Å². The van der Waals surface area contributed by atoms with Crippen LogP contribution in [-0.4, -0.2) is 66.7 Å². The standard InChI is InChI=1S/C26H34F3N3O3/c27-26(28,29)20-6-5-19(21(14-20)18-3-1-2-4-18)13-17-7-10-31(11-8-17)25(34)32-12-9-23-22(15-32)30-24(33)16-35-23/h5-6,14,17-18,22-23H,1-4,7-13,15-16H2,(H,30,33)/t22-,23+/m1/s1. The number of likely N-dealkylation sites (tertiary alicyclic amines) is 2. The van der Waals surface area contributed by atoms with Crippen LogP contribution in [0.1, 0.15) is 67.6 Å². The minimum Gasteiger partial charge on any atom is -0.366 e. The third-order valence-corrected chi connectivity index (χ3v) is 8.26. The number of hydrogen-bond donors (Lipinski definition) is 1. The van der Waals surface area contributed by atoms with Gasteiger partial charge in [-0.25, -0.2) is 4.79 Å².